The van der Waals surface area contributed by atoms with E-state index in [0.717, 1.165) is 17.4 Å². The van der Waals surface area contributed by atoms with E-state index >= 15 is 0 Å². The number of hydrogen-bond donors (Lipinski definition) is 2. The molecule has 1 aliphatic heterocycles. The van der Waals surface area contributed by atoms with E-state index in [2.05, 4.69) is 15.6 Å². The quantitative estimate of drug-likeness (QED) is 0.677. The summed E-state index contributed by atoms with van der Waals surface area (Å²) in [5, 5.41) is 6.20. The van der Waals surface area contributed by atoms with Gasteiger partial charge in [0.05, 0.1) is 27.9 Å². The maximum Gasteiger partial charge on any atom is 0.417 e. The average Bonchev–Trinajstić information content (AvgIpc) is 3.10. The second-order valence-corrected chi connectivity index (χ2v) is 8.31. The van der Waals surface area contributed by atoms with E-state index < -0.39 is 36.0 Å². The number of nitrogens with one attached hydrogen (secondary N) is 2. The van der Waals surface area contributed by atoms with E-state index in [1.165, 1.54) is 17.3 Å². The Labute approximate surface area is 179 Å². The fourth-order valence-corrected chi connectivity index (χ4v) is 4.32. The van der Waals surface area contributed by atoms with Crippen LogP contribution >= 0.6 is 11.3 Å². The zero-order valence-corrected chi connectivity index (χ0v) is 17.9. The van der Waals surface area contributed by atoms with Crippen LogP contribution in [0.5, 0.6) is 0 Å². The average molecular weight is 462 g/mol. The van der Waals surface area contributed by atoms with Gasteiger partial charge in [0.1, 0.15) is 11.9 Å². The van der Waals surface area contributed by atoms with Crippen LogP contribution in [-0.4, -0.2) is 55.4 Å². The molecule has 2 aromatic rings. The maximum absolute atomic E-state index is 14.7. The SMILES string of the molecule is CNC(=O)c1csc2c(C(F)(F)F)cc(N3CC[C@@H](OC(=O)NC(C)C)[C@H](F)C3)nc12. The first kappa shape index (κ1) is 23.0. The molecule has 2 aromatic heterocycles. The van der Waals surface area contributed by atoms with Crippen LogP contribution in [0.4, 0.5) is 28.2 Å². The molecule has 31 heavy (non-hydrogen) atoms. The summed E-state index contributed by atoms with van der Waals surface area (Å²) < 4.78 is 60.6. The number of amides is 2. The van der Waals surface area contributed by atoms with Gasteiger partial charge in [-0.05, 0) is 19.9 Å². The van der Waals surface area contributed by atoms with Crippen LogP contribution in [0, 0.1) is 0 Å². The number of thiophene rings is 1. The summed E-state index contributed by atoms with van der Waals surface area (Å²) in [5.41, 5.74) is -0.993. The zero-order chi connectivity index (χ0) is 22.9. The molecule has 0 aromatic carbocycles. The molecule has 0 saturated carbocycles. The second kappa shape index (κ2) is 8.85. The first-order valence-corrected chi connectivity index (χ1v) is 10.5. The molecule has 170 valence electrons. The summed E-state index contributed by atoms with van der Waals surface area (Å²) in [4.78, 5) is 29.4. The number of alkyl carbamates (subject to hydrolysis) is 1. The summed E-state index contributed by atoms with van der Waals surface area (Å²) in [5.74, 6) is -0.647. The van der Waals surface area contributed by atoms with Gasteiger partial charge in [-0.3, -0.25) is 4.79 Å². The summed E-state index contributed by atoms with van der Waals surface area (Å²) >= 11 is 0.779. The van der Waals surface area contributed by atoms with E-state index in [0.29, 0.717) is 0 Å². The van der Waals surface area contributed by atoms with Gasteiger partial charge in [0.2, 0.25) is 0 Å². The molecule has 0 bridgehead atoms. The molecule has 12 heteroatoms. The maximum atomic E-state index is 14.7. The van der Waals surface area contributed by atoms with Crippen molar-refractivity contribution in [1.82, 2.24) is 15.6 Å². The molecule has 3 rings (SSSR count). The van der Waals surface area contributed by atoms with Crippen molar-refractivity contribution in [3.63, 3.8) is 0 Å². The highest BCUT2D eigenvalue weighted by atomic mass is 32.1. The van der Waals surface area contributed by atoms with Crippen LogP contribution in [-0.2, 0) is 10.9 Å². The van der Waals surface area contributed by atoms with Crippen molar-refractivity contribution in [2.75, 3.05) is 25.0 Å². The molecule has 1 fully saturated rings. The number of aromatic nitrogens is 1. The lowest BCUT2D eigenvalue weighted by molar-refractivity contribution is -0.136. The van der Waals surface area contributed by atoms with Crippen LogP contribution in [0.1, 0.15) is 36.2 Å². The van der Waals surface area contributed by atoms with Gasteiger partial charge in [-0.2, -0.15) is 13.2 Å². The van der Waals surface area contributed by atoms with Gasteiger partial charge in [-0.25, -0.2) is 14.2 Å². The van der Waals surface area contributed by atoms with Crippen molar-refractivity contribution >= 4 is 39.4 Å². The van der Waals surface area contributed by atoms with E-state index in [-0.39, 0.29) is 47.2 Å². The first-order valence-electron chi connectivity index (χ1n) is 9.59. The van der Waals surface area contributed by atoms with Crippen LogP contribution < -0.4 is 15.5 Å². The molecule has 2 amide bonds. The number of anilines is 1. The highest BCUT2D eigenvalue weighted by Crippen LogP contribution is 2.40. The summed E-state index contributed by atoms with van der Waals surface area (Å²) in [6, 6.07) is 0.689. The largest absolute Gasteiger partial charge is 0.443 e. The third-order valence-electron chi connectivity index (χ3n) is 4.76. The summed E-state index contributed by atoms with van der Waals surface area (Å²) in [6.45, 7) is 3.30. The van der Waals surface area contributed by atoms with Gasteiger partial charge in [-0.1, -0.05) is 0 Å². The Kier molecular flexibility index (Phi) is 6.58. The lowest BCUT2D eigenvalue weighted by Gasteiger charge is -2.35. The molecule has 1 saturated heterocycles. The van der Waals surface area contributed by atoms with E-state index in [1.807, 2.05) is 0 Å². The molecule has 3 heterocycles. The summed E-state index contributed by atoms with van der Waals surface area (Å²) in [6.07, 6.45) is -7.96. The van der Waals surface area contributed by atoms with Crippen LogP contribution in [0.15, 0.2) is 11.4 Å². The Balaban J connectivity index is 1.89. The topological polar surface area (TPSA) is 83.6 Å². The minimum atomic E-state index is -4.67. The number of piperidine rings is 1. The first-order chi connectivity index (χ1) is 14.5. The van der Waals surface area contributed by atoms with Crippen molar-refractivity contribution in [2.24, 2.45) is 0 Å². The molecule has 7 nitrogen and oxygen atoms in total. The molecule has 0 spiro atoms. The lowest BCUT2D eigenvalue weighted by atomic mass is 10.1. The third-order valence-corrected chi connectivity index (χ3v) is 5.76. The molecule has 0 unspecified atom stereocenters. The van der Waals surface area contributed by atoms with Crippen molar-refractivity contribution in [3.8, 4) is 0 Å². The monoisotopic (exact) mass is 462 g/mol. The normalized spacial score (nSPS) is 19.5. The fourth-order valence-electron chi connectivity index (χ4n) is 3.29. The zero-order valence-electron chi connectivity index (χ0n) is 17.0. The number of carbonyl (C=O) groups excluding carboxylic acids is 2. The number of alkyl halides is 4. The van der Waals surface area contributed by atoms with Crippen molar-refractivity contribution in [1.29, 1.82) is 0 Å². The molecule has 0 radical (unpaired) electrons. The Hall–Kier alpha value is -2.63. The number of ether oxygens (including phenoxy) is 1. The third kappa shape index (κ3) is 5.00. The highest BCUT2D eigenvalue weighted by Gasteiger charge is 2.38. The van der Waals surface area contributed by atoms with E-state index in [9.17, 15) is 27.2 Å². The van der Waals surface area contributed by atoms with Gasteiger partial charge >= 0.3 is 12.3 Å². The minimum Gasteiger partial charge on any atom is -0.443 e. The number of fused-ring (bicyclic) bond motifs is 1. The molecular formula is C19H22F4N4O3S. The molecule has 1 aliphatic rings. The van der Waals surface area contributed by atoms with Gasteiger partial charge in [0, 0.05) is 31.4 Å². The van der Waals surface area contributed by atoms with Gasteiger partial charge in [0.25, 0.3) is 5.91 Å². The highest BCUT2D eigenvalue weighted by molar-refractivity contribution is 7.17. The Morgan fingerprint density at radius 1 is 1.35 bits per heavy atom. The number of rotatable bonds is 4. The smallest absolute Gasteiger partial charge is 0.417 e. The molecule has 2 atom stereocenters. The van der Waals surface area contributed by atoms with Crippen LogP contribution in [0.2, 0.25) is 0 Å². The fraction of sp³-hybridized carbons (Fsp3) is 0.526. The minimum absolute atomic E-state index is 0.0234. The second-order valence-electron chi connectivity index (χ2n) is 7.43. The molecular weight excluding hydrogens is 440 g/mol. The Morgan fingerprint density at radius 2 is 2.06 bits per heavy atom. The van der Waals surface area contributed by atoms with Crippen molar-refractivity contribution < 1.29 is 31.9 Å². The van der Waals surface area contributed by atoms with Crippen molar-refractivity contribution in [2.45, 2.75) is 44.8 Å². The standard InChI is InChI=1S/C19H22F4N4O3S/c1-9(2)25-18(29)30-13-4-5-27(7-12(13)20)14-6-11(19(21,22)23)16-15(26-14)10(8-31-16)17(28)24-3/h6,8-9,12-13H,4-5,7H2,1-3H3,(H,24,28)(H,25,29)/t12-,13-/m1/s1. The van der Waals surface area contributed by atoms with E-state index in [4.69, 9.17) is 4.74 Å². The predicted molar refractivity (Wildman–Crippen MR) is 108 cm³/mol. The Morgan fingerprint density at radius 3 is 2.65 bits per heavy atom. The van der Waals surface area contributed by atoms with Crippen LogP contribution in [0.3, 0.4) is 0 Å². The lowest BCUT2D eigenvalue weighted by Crippen LogP contribution is -2.48. The Bertz CT molecular complexity index is 979. The van der Waals surface area contributed by atoms with Crippen LogP contribution in [0.25, 0.3) is 10.2 Å². The number of halogens is 4. The number of carbonyl (C=O) groups is 2. The number of hydrogen-bond acceptors (Lipinski definition) is 6. The molecule has 2 N–H and O–H groups in total. The van der Waals surface area contributed by atoms with Gasteiger partial charge < -0.3 is 20.3 Å². The predicted octanol–water partition coefficient (Wildman–Crippen LogP) is 3.73. The number of nitrogens with zero attached hydrogens (tertiary/aromatic N) is 2. The number of pyridine rings is 1. The van der Waals surface area contributed by atoms with Gasteiger partial charge in [0.15, 0.2) is 6.17 Å². The van der Waals surface area contributed by atoms with E-state index in [1.54, 1.807) is 13.8 Å². The van der Waals surface area contributed by atoms with Crippen molar-refractivity contribution in [3.05, 3.63) is 22.6 Å². The van der Waals surface area contributed by atoms with Gasteiger partial charge in [-0.15, -0.1) is 11.3 Å². The summed E-state index contributed by atoms with van der Waals surface area (Å²) in [7, 11) is 1.37. The molecule has 0 aliphatic carbocycles.